The van der Waals surface area contributed by atoms with Crippen molar-refractivity contribution in [2.75, 3.05) is 20.3 Å². The summed E-state index contributed by atoms with van der Waals surface area (Å²) in [6, 6.07) is 0.0784. The molecule has 0 aliphatic heterocycles. The number of nitrogens with two attached hydrogens (primary N) is 1. The topological polar surface area (TPSA) is 64.3 Å². The lowest BCUT2D eigenvalue weighted by Crippen LogP contribution is -2.53. The van der Waals surface area contributed by atoms with Gasteiger partial charge in [0.05, 0.1) is 12.6 Å². The summed E-state index contributed by atoms with van der Waals surface area (Å²) >= 11 is 0. The number of methoxy groups -OCH3 is 1. The molecule has 4 rings (SSSR count). The SMILES string of the molecule is COCC(CCN)NC(=O)C1C2CC3CC(C2)CC1C3. The van der Waals surface area contributed by atoms with Crippen LogP contribution in [0.1, 0.15) is 38.5 Å². The molecule has 1 unspecified atom stereocenters. The lowest BCUT2D eigenvalue weighted by Gasteiger charge is -2.53. The predicted molar refractivity (Wildman–Crippen MR) is 78.0 cm³/mol. The van der Waals surface area contributed by atoms with Crippen molar-refractivity contribution in [2.45, 2.75) is 44.6 Å². The van der Waals surface area contributed by atoms with Crippen LogP contribution in [0, 0.1) is 29.6 Å². The second-order valence-corrected chi connectivity index (χ2v) is 7.19. The fourth-order valence-corrected chi connectivity index (χ4v) is 5.25. The molecule has 4 aliphatic carbocycles. The summed E-state index contributed by atoms with van der Waals surface area (Å²) in [5.74, 6) is 3.66. The Morgan fingerprint density at radius 1 is 1.20 bits per heavy atom. The Morgan fingerprint density at radius 2 is 1.80 bits per heavy atom. The molecule has 4 aliphatic rings. The molecular formula is C16H28N2O2. The van der Waals surface area contributed by atoms with Crippen LogP contribution in [0.2, 0.25) is 0 Å². The number of amides is 1. The maximum absolute atomic E-state index is 12.7. The van der Waals surface area contributed by atoms with Crippen molar-refractivity contribution in [3.63, 3.8) is 0 Å². The van der Waals surface area contributed by atoms with Crippen molar-refractivity contribution in [3.8, 4) is 0 Å². The molecule has 1 amide bonds. The fourth-order valence-electron chi connectivity index (χ4n) is 5.25. The molecule has 0 aromatic heterocycles. The number of carbonyl (C=O) groups excluding carboxylic acids is 1. The van der Waals surface area contributed by atoms with Gasteiger partial charge in [0, 0.05) is 13.0 Å². The summed E-state index contributed by atoms with van der Waals surface area (Å²) in [5.41, 5.74) is 5.62. The highest BCUT2D eigenvalue weighted by Crippen LogP contribution is 2.56. The Balaban J connectivity index is 1.62. The van der Waals surface area contributed by atoms with Crippen LogP contribution in [-0.4, -0.2) is 32.2 Å². The Kier molecular flexibility index (Phi) is 4.32. The highest BCUT2D eigenvalue weighted by atomic mass is 16.5. The maximum atomic E-state index is 12.7. The van der Waals surface area contributed by atoms with E-state index in [2.05, 4.69) is 5.32 Å². The minimum absolute atomic E-state index is 0.0784. The van der Waals surface area contributed by atoms with Gasteiger partial charge in [0.1, 0.15) is 0 Å². The van der Waals surface area contributed by atoms with E-state index in [0.29, 0.717) is 25.0 Å². The third kappa shape index (κ3) is 2.73. The minimum Gasteiger partial charge on any atom is -0.383 e. The second kappa shape index (κ2) is 6.02. The van der Waals surface area contributed by atoms with Crippen molar-refractivity contribution < 1.29 is 9.53 Å². The lowest BCUT2D eigenvalue weighted by atomic mass is 9.51. The smallest absolute Gasteiger partial charge is 0.223 e. The summed E-state index contributed by atoms with van der Waals surface area (Å²) in [7, 11) is 1.68. The molecule has 114 valence electrons. The molecule has 0 saturated heterocycles. The molecule has 4 bridgehead atoms. The van der Waals surface area contributed by atoms with Crippen LogP contribution >= 0.6 is 0 Å². The molecular weight excluding hydrogens is 252 g/mol. The van der Waals surface area contributed by atoms with Crippen LogP contribution in [0.4, 0.5) is 0 Å². The van der Waals surface area contributed by atoms with E-state index < -0.39 is 0 Å². The molecule has 1 atom stereocenters. The number of hydrogen-bond donors (Lipinski definition) is 2. The predicted octanol–water partition coefficient (Wildman–Crippen LogP) is 1.54. The first-order valence-electron chi connectivity index (χ1n) is 8.20. The monoisotopic (exact) mass is 280 g/mol. The van der Waals surface area contributed by atoms with E-state index in [1.54, 1.807) is 7.11 Å². The first-order valence-corrected chi connectivity index (χ1v) is 8.20. The van der Waals surface area contributed by atoms with Crippen LogP contribution in [-0.2, 0) is 9.53 Å². The molecule has 4 saturated carbocycles. The number of ether oxygens (including phenoxy) is 1. The van der Waals surface area contributed by atoms with E-state index >= 15 is 0 Å². The zero-order valence-electron chi connectivity index (χ0n) is 12.5. The highest BCUT2D eigenvalue weighted by molar-refractivity contribution is 5.80. The van der Waals surface area contributed by atoms with Gasteiger partial charge < -0.3 is 15.8 Å². The Morgan fingerprint density at radius 3 is 2.30 bits per heavy atom. The molecule has 0 aromatic rings. The summed E-state index contributed by atoms with van der Waals surface area (Å²) in [4.78, 5) is 12.7. The minimum atomic E-state index is 0.0784. The van der Waals surface area contributed by atoms with E-state index in [0.717, 1.165) is 18.3 Å². The molecule has 3 N–H and O–H groups in total. The Labute approximate surface area is 121 Å². The largest absolute Gasteiger partial charge is 0.383 e. The van der Waals surface area contributed by atoms with Gasteiger partial charge in [-0.25, -0.2) is 0 Å². The van der Waals surface area contributed by atoms with Crippen LogP contribution in [0.15, 0.2) is 0 Å². The molecule has 0 aromatic carbocycles. The van der Waals surface area contributed by atoms with Crippen LogP contribution in [0.25, 0.3) is 0 Å². The van der Waals surface area contributed by atoms with Crippen LogP contribution in [0.3, 0.4) is 0 Å². The van der Waals surface area contributed by atoms with E-state index in [1.807, 2.05) is 0 Å². The molecule has 4 heteroatoms. The van der Waals surface area contributed by atoms with Gasteiger partial charge in [-0.15, -0.1) is 0 Å². The molecule has 0 heterocycles. The van der Waals surface area contributed by atoms with E-state index in [1.165, 1.54) is 32.1 Å². The Hall–Kier alpha value is -0.610. The van der Waals surface area contributed by atoms with Gasteiger partial charge in [-0.3, -0.25) is 4.79 Å². The van der Waals surface area contributed by atoms with Crippen LogP contribution in [0.5, 0.6) is 0 Å². The lowest BCUT2D eigenvalue weighted by molar-refractivity contribution is -0.139. The van der Waals surface area contributed by atoms with Gasteiger partial charge in [0.15, 0.2) is 0 Å². The molecule has 20 heavy (non-hydrogen) atoms. The number of nitrogens with one attached hydrogen (secondary N) is 1. The van der Waals surface area contributed by atoms with Gasteiger partial charge in [-0.05, 0) is 68.7 Å². The summed E-state index contributed by atoms with van der Waals surface area (Å²) in [6.07, 6.45) is 7.38. The van der Waals surface area contributed by atoms with Crippen molar-refractivity contribution in [1.82, 2.24) is 5.32 Å². The average Bonchev–Trinajstić information content (AvgIpc) is 2.37. The number of carbonyl (C=O) groups is 1. The summed E-state index contributed by atoms with van der Waals surface area (Å²) in [6.45, 7) is 1.16. The van der Waals surface area contributed by atoms with Gasteiger partial charge in [0.2, 0.25) is 5.91 Å². The third-order valence-corrected chi connectivity index (χ3v) is 5.76. The molecule has 0 radical (unpaired) electrons. The molecule has 4 nitrogen and oxygen atoms in total. The van der Waals surface area contributed by atoms with Crippen molar-refractivity contribution in [3.05, 3.63) is 0 Å². The quantitative estimate of drug-likeness (QED) is 0.775. The summed E-state index contributed by atoms with van der Waals surface area (Å²) in [5, 5.41) is 3.20. The standard InChI is InChI=1S/C16H28N2O2/c1-20-9-14(2-3-17)18-16(19)15-12-5-10-4-11(7-12)8-13(15)6-10/h10-15H,2-9,17H2,1H3,(H,18,19). The third-order valence-electron chi connectivity index (χ3n) is 5.76. The van der Waals surface area contributed by atoms with Crippen LogP contribution < -0.4 is 11.1 Å². The van der Waals surface area contributed by atoms with Gasteiger partial charge in [0.25, 0.3) is 0 Å². The maximum Gasteiger partial charge on any atom is 0.223 e. The van der Waals surface area contributed by atoms with Crippen molar-refractivity contribution in [2.24, 2.45) is 35.3 Å². The number of rotatable bonds is 6. The fraction of sp³-hybridized carbons (Fsp3) is 0.938. The van der Waals surface area contributed by atoms with Gasteiger partial charge >= 0.3 is 0 Å². The van der Waals surface area contributed by atoms with E-state index in [9.17, 15) is 4.79 Å². The van der Waals surface area contributed by atoms with E-state index in [4.69, 9.17) is 10.5 Å². The first-order chi connectivity index (χ1) is 9.71. The normalized spacial score (nSPS) is 39.8. The molecule has 4 fully saturated rings. The van der Waals surface area contributed by atoms with Crippen molar-refractivity contribution >= 4 is 5.91 Å². The second-order valence-electron chi connectivity index (χ2n) is 7.19. The Bertz CT molecular complexity index is 324. The highest BCUT2D eigenvalue weighted by Gasteiger charge is 2.50. The zero-order chi connectivity index (χ0) is 14.1. The van der Waals surface area contributed by atoms with Gasteiger partial charge in [-0.1, -0.05) is 0 Å². The molecule has 0 spiro atoms. The van der Waals surface area contributed by atoms with Crippen molar-refractivity contribution in [1.29, 1.82) is 0 Å². The average molecular weight is 280 g/mol. The number of hydrogen-bond acceptors (Lipinski definition) is 3. The van der Waals surface area contributed by atoms with E-state index in [-0.39, 0.29) is 17.9 Å². The zero-order valence-corrected chi connectivity index (χ0v) is 12.5. The first kappa shape index (κ1) is 14.3. The van der Waals surface area contributed by atoms with Gasteiger partial charge in [-0.2, -0.15) is 0 Å². The summed E-state index contributed by atoms with van der Waals surface area (Å²) < 4.78 is 5.19.